The molecule has 0 bridgehead atoms. The van der Waals surface area contributed by atoms with Gasteiger partial charge in [-0.1, -0.05) is 0 Å². The van der Waals surface area contributed by atoms with E-state index in [4.69, 9.17) is 5.11 Å². The molecule has 0 spiro atoms. The molecule has 1 atom stereocenters. The summed E-state index contributed by atoms with van der Waals surface area (Å²) in [4.78, 5) is 15.3. The number of aliphatic hydroxyl groups excluding tert-OH is 1. The van der Waals surface area contributed by atoms with Crippen molar-refractivity contribution in [1.82, 2.24) is 9.55 Å². The van der Waals surface area contributed by atoms with Gasteiger partial charge in [-0.3, -0.25) is 0 Å². The molecule has 86 valence electrons. The minimum absolute atomic E-state index is 0.189. The Bertz CT molecular complexity index is 448. The minimum atomic E-state index is -0.952. The van der Waals surface area contributed by atoms with Gasteiger partial charge in [-0.2, -0.15) is 0 Å². The topological polar surface area (TPSA) is 75.3 Å². The first-order chi connectivity index (χ1) is 7.66. The molecule has 1 aromatic heterocycles. The molecule has 1 aliphatic heterocycles. The molecule has 2 aliphatic rings. The summed E-state index contributed by atoms with van der Waals surface area (Å²) in [6.45, 7) is 0.501. The Kier molecular flexibility index (Phi) is 2.04. The number of aromatic carboxylic acids is 1. The average Bonchev–Trinajstić information content (AvgIpc) is 3.00. The van der Waals surface area contributed by atoms with E-state index in [0.29, 0.717) is 25.3 Å². The maximum absolute atomic E-state index is 11.1. The molecular weight excluding hydrogens is 208 g/mol. The van der Waals surface area contributed by atoms with Gasteiger partial charge in [-0.05, 0) is 25.7 Å². The Hall–Kier alpha value is -1.36. The first-order valence-electron chi connectivity index (χ1n) is 5.67. The van der Waals surface area contributed by atoms with Gasteiger partial charge in [0.1, 0.15) is 5.82 Å². The van der Waals surface area contributed by atoms with E-state index >= 15 is 0 Å². The van der Waals surface area contributed by atoms with E-state index < -0.39 is 5.97 Å². The van der Waals surface area contributed by atoms with Gasteiger partial charge in [-0.15, -0.1) is 0 Å². The zero-order chi connectivity index (χ0) is 11.3. The van der Waals surface area contributed by atoms with Crippen LogP contribution in [0.4, 0.5) is 0 Å². The molecule has 5 nitrogen and oxygen atoms in total. The highest BCUT2D eigenvalue weighted by Crippen LogP contribution is 2.41. The van der Waals surface area contributed by atoms with E-state index in [1.807, 2.05) is 4.57 Å². The molecule has 0 amide bonds. The van der Waals surface area contributed by atoms with Crippen LogP contribution in [0.3, 0.4) is 0 Å². The molecule has 3 rings (SSSR count). The molecule has 1 saturated carbocycles. The number of carbonyl (C=O) groups is 1. The van der Waals surface area contributed by atoms with Gasteiger partial charge >= 0.3 is 5.97 Å². The van der Waals surface area contributed by atoms with Crippen molar-refractivity contribution in [3.8, 4) is 0 Å². The van der Waals surface area contributed by atoms with Gasteiger partial charge in [0.05, 0.1) is 18.3 Å². The van der Waals surface area contributed by atoms with E-state index in [9.17, 15) is 9.90 Å². The van der Waals surface area contributed by atoms with Crippen molar-refractivity contribution >= 4 is 5.97 Å². The second-order valence-electron chi connectivity index (χ2n) is 4.65. The van der Waals surface area contributed by atoms with Gasteiger partial charge in [0.2, 0.25) is 0 Å². The fraction of sp³-hybridized carbons (Fsp3) is 0.636. The lowest BCUT2D eigenvalue weighted by atomic mass is 10.1. The first kappa shape index (κ1) is 9.84. The smallest absolute Gasteiger partial charge is 0.356 e. The number of carboxylic acid groups (broad SMARTS) is 1. The Balaban J connectivity index is 2.09. The van der Waals surface area contributed by atoms with Crippen molar-refractivity contribution in [3.63, 3.8) is 0 Å². The molecule has 0 saturated heterocycles. The number of rotatable bonds is 2. The maximum Gasteiger partial charge on any atom is 0.356 e. The normalized spacial score (nSPS) is 24.2. The summed E-state index contributed by atoms with van der Waals surface area (Å²) in [6.07, 6.45) is 3.07. The van der Waals surface area contributed by atoms with Gasteiger partial charge in [-0.25, -0.2) is 9.78 Å². The fourth-order valence-electron chi connectivity index (χ4n) is 2.39. The van der Waals surface area contributed by atoms with Gasteiger partial charge in [0, 0.05) is 5.92 Å². The van der Waals surface area contributed by atoms with Crippen molar-refractivity contribution in [2.45, 2.75) is 44.2 Å². The van der Waals surface area contributed by atoms with Crippen LogP contribution >= 0.6 is 0 Å². The highest BCUT2D eigenvalue weighted by Gasteiger charge is 2.34. The molecule has 2 heterocycles. The fourth-order valence-corrected chi connectivity index (χ4v) is 2.39. The van der Waals surface area contributed by atoms with Crippen LogP contribution < -0.4 is 0 Å². The summed E-state index contributed by atoms with van der Waals surface area (Å²) < 4.78 is 1.93. The lowest BCUT2D eigenvalue weighted by molar-refractivity contribution is 0.0686. The molecule has 1 aliphatic carbocycles. The Morgan fingerprint density at radius 2 is 2.12 bits per heavy atom. The molecule has 5 heteroatoms. The quantitative estimate of drug-likeness (QED) is 0.774. The zero-order valence-electron chi connectivity index (χ0n) is 8.89. The molecular formula is C11H14N2O3. The summed E-state index contributed by atoms with van der Waals surface area (Å²) in [6, 6.07) is 0. The van der Waals surface area contributed by atoms with Crippen molar-refractivity contribution in [1.29, 1.82) is 0 Å². The van der Waals surface area contributed by atoms with Crippen molar-refractivity contribution in [2.75, 3.05) is 0 Å². The van der Waals surface area contributed by atoms with Crippen molar-refractivity contribution in [2.24, 2.45) is 0 Å². The van der Waals surface area contributed by atoms with Gasteiger partial charge < -0.3 is 14.8 Å². The van der Waals surface area contributed by atoms with Crippen LogP contribution in [0.25, 0.3) is 0 Å². The monoisotopic (exact) mass is 222 g/mol. The van der Waals surface area contributed by atoms with Crippen LogP contribution in [0, 0.1) is 0 Å². The SMILES string of the molecule is O=C(O)c1nc(C2CC2)n2c1CCC(O)C2. The minimum Gasteiger partial charge on any atom is -0.476 e. The highest BCUT2D eigenvalue weighted by atomic mass is 16.4. The maximum atomic E-state index is 11.1. The lowest BCUT2D eigenvalue weighted by Gasteiger charge is -2.21. The zero-order valence-corrected chi connectivity index (χ0v) is 8.89. The third-order valence-corrected chi connectivity index (χ3v) is 3.35. The largest absolute Gasteiger partial charge is 0.476 e. The number of imidazole rings is 1. The molecule has 0 radical (unpaired) electrons. The Morgan fingerprint density at radius 1 is 1.38 bits per heavy atom. The summed E-state index contributed by atoms with van der Waals surface area (Å²) in [5, 5.41) is 18.7. The Morgan fingerprint density at radius 3 is 2.75 bits per heavy atom. The second-order valence-corrected chi connectivity index (χ2v) is 4.65. The number of nitrogens with zero attached hydrogens (tertiary/aromatic N) is 2. The molecule has 1 unspecified atom stereocenters. The van der Waals surface area contributed by atoms with Gasteiger partial charge in [0.15, 0.2) is 5.69 Å². The third kappa shape index (κ3) is 1.43. The summed E-state index contributed by atoms with van der Waals surface area (Å²) >= 11 is 0. The van der Waals surface area contributed by atoms with Crippen LogP contribution in [0.1, 0.15) is 47.2 Å². The first-order valence-corrected chi connectivity index (χ1v) is 5.67. The van der Waals surface area contributed by atoms with Gasteiger partial charge in [0.25, 0.3) is 0 Å². The van der Waals surface area contributed by atoms with E-state index in [1.165, 1.54) is 0 Å². The summed E-state index contributed by atoms with van der Waals surface area (Å²) in [5.74, 6) is 0.329. The molecule has 1 aromatic rings. The number of aliphatic hydroxyl groups is 1. The van der Waals surface area contributed by atoms with Crippen LogP contribution in [-0.2, 0) is 13.0 Å². The molecule has 0 aromatic carbocycles. The summed E-state index contributed by atoms with van der Waals surface area (Å²) in [5.41, 5.74) is 0.980. The Labute approximate surface area is 92.7 Å². The second kappa shape index (κ2) is 3.31. The third-order valence-electron chi connectivity index (χ3n) is 3.35. The molecule has 1 fully saturated rings. The van der Waals surface area contributed by atoms with E-state index in [0.717, 1.165) is 24.4 Å². The summed E-state index contributed by atoms with van der Waals surface area (Å²) in [7, 11) is 0. The van der Waals surface area contributed by atoms with Crippen molar-refractivity contribution < 1.29 is 15.0 Å². The number of aromatic nitrogens is 2. The van der Waals surface area contributed by atoms with E-state index in [2.05, 4.69) is 4.98 Å². The lowest BCUT2D eigenvalue weighted by Crippen LogP contribution is -2.26. The standard InChI is InChI=1S/C11H14N2O3/c14-7-3-4-8-9(11(15)16)12-10(6-1-2-6)13(8)5-7/h6-7,14H,1-5H2,(H,15,16). The molecule has 16 heavy (non-hydrogen) atoms. The van der Waals surface area contributed by atoms with E-state index in [-0.39, 0.29) is 11.8 Å². The highest BCUT2D eigenvalue weighted by molar-refractivity contribution is 5.87. The van der Waals surface area contributed by atoms with Crippen molar-refractivity contribution in [3.05, 3.63) is 17.2 Å². The van der Waals surface area contributed by atoms with Crippen LogP contribution in [0.5, 0.6) is 0 Å². The molecule has 2 N–H and O–H groups in total. The number of hydrogen-bond acceptors (Lipinski definition) is 3. The van der Waals surface area contributed by atoms with Crippen LogP contribution in [0.15, 0.2) is 0 Å². The van der Waals surface area contributed by atoms with Crippen LogP contribution in [0.2, 0.25) is 0 Å². The predicted molar refractivity (Wildman–Crippen MR) is 55.5 cm³/mol. The van der Waals surface area contributed by atoms with E-state index in [1.54, 1.807) is 0 Å². The predicted octanol–water partition coefficient (Wildman–Crippen LogP) is 0.766. The van der Waals surface area contributed by atoms with Crippen LogP contribution in [-0.4, -0.2) is 31.8 Å². The number of hydrogen-bond donors (Lipinski definition) is 2. The average molecular weight is 222 g/mol. The number of carboxylic acids is 1. The number of fused-ring (bicyclic) bond motifs is 1.